The molecular weight excluding hydrogens is 509 g/mol. The van der Waals surface area contributed by atoms with Gasteiger partial charge in [0.15, 0.2) is 0 Å². The minimum Gasteiger partial charge on any atom is -0.473 e. The first-order valence-electron chi connectivity index (χ1n) is 12.6. The predicted molar refractivity (Wildman–Crippen MR) is 133 cm³/mol. The zero-order valence-electron chi connectivity index (χ0n) is 21.0. The molecule has 1 saturated heterocycles. The molecule has 2 aliphatic rings. The van der Waals surface area contributed by atoms with Crippen LogP contribution in [0.3, 0.4) is 0 Å². The number of piperidine rings is 1. The fraction of sp³-hybridized carbons (Fsp3) is 0.577. The van der Waals surface area contributed by atoms with Gasteiger partial charge in [-0.3, -0.25) is 4.79 Å². The van der Waals surface area contributed by atoms with E-state index < -0.39 is 16.8 Å². The van der Waals surface area contributed by atoms with Crippen LogP contribution in [0.1, 0.15) is 65.7 Å². The lowest BCUT2D eigenvalue weighted by Crippen LogP contribution is -2.52. The summed E-state index contributed by atoms with van der Waals surface area (Å²) in [5.74, 6) is 0.0158. The highest BCUT2D eigenvalue weighted by atomic mass is 35.5. The Morgan fingerprint density at radius 1 is 1.16 bits per heavy atom. The molecule has 0 bridgehead atoms. The van der Waals surface area contributed by atoms with Crippen molar-refractivity contribution in [2.45, 2.75) is 76.4 Å². The molecule has 1 aliphatic carbocycles. The number of carbonyl (C=O) groups excluding carboxylic acids is 1. The molecule has 2 fully saturated rings. The van der Waals surface area contributed by atoms with E-state index in [1.807, 2.05) is 0 Å². The van der Waals surface area contributed by atoms with Gasteiger partial charge in [-0.15, -0.1) is 0 Å². The van der Waals surface area contributed by atoms with E-state index in [4.69, 9.17) is 21.1 Å². The van der Waals surface area contributed by atoms with Gasteiger partial charge in [0.2, 0.25) is 5.88 Å². The van der Waals surface area contributed by atoms with Crippen molar-refractivity contribution >= 4 is 17.5 Å². The zero-order valence-corrected chi connectivity index (χ0v) is 21.7. The average molecular weight is 541 g/mol. The summed E-state index contributed by atoms with van der Waals surface area (Å²) in [6, 6.07) is 4.13. The van der Waals surface area contributed by atoms with Crippen molar-refractivity contribution in [2.75, 3.05) is 20.2 Å². The molecule has 1 N–H and O–H groups in total. The predicted octanol–water partition coefficient (Wildman–Crippen LogP) is 5.19. The van der Waals surface area contributed by atoms with Gasteiger partial charge in [0.25, 0.3) is 5.91 Å². The Morgan fingerprint density at radius 2 is 1.89 bits per heavy atom. The molecule has 202 valence electrons. The molecule has 2 atom stereocenters. The van der Waals surface area contributed by atoms with E-state index in [9.17, 15) is 18.0 Å². The molecule has 1 aliphatic heterocycles. The van der Waals surface area contributed by atoms with Crippen molar-refractivity contribution in [1.82, 2.24) is 20.2 Å². The number of likely N-dealkylation sites (tertiary alicyclic amines) is 1. The Balaban J connectivity index is 1.34. The Labute approximate surface area is 219 Å². The molecule has 1 amide bonds. The fourth-order valence-electron chi connectivity index (χ4n) is 5.10. The number of ether oxygens (including phenoxy) is 2. The highest BCUT2D eigenvalue weighted by Gasteiger charge is 2.33. The number of nitrogens with one attached hydrogen (secondary N) is 1. The Morgan fingerprint density at radius 3 is 2.57 bits per heavy atom. The Kier molecular flexibility index (Phi) is 8.92. The monoisotopic (exact) mass is 540 g/mol. The molecule has 2 unspecified atom stereocenters. The van der Waals surface area contributed by atoms with Crippen LogP contribution in [0.5, 0.6) is 5.88 Å². The van der Waals surface area contributed by atoms with Crippen LogP contribution in [-0.2, 0) is 17.5 Å². The summed E-state index contributed by atoms with van der Waals surface area (Å²) >= 11 is 5.80. The molecule has 11 heteroatoms. The lowest BCUT2D eigenvalue weighted by Gasteiger charge is -2.38. The van der Waals surface area contributed by atoms with Crippen molar-refractivity contribution in [2.24, 2.45) is 0 Å². The van der Waals surface area contributed by atoms with Gasteiger partial charge >= 0.3 is 6.18 Å². The summed E-state index contributed by atoms with van der Waals surface area (Å²) in [6.07, 6.45) is 3.27. The topological polar surface area (TPSA) is 76.6 Å². The van der Waals surface area contributed by atoms with Crippen molar-refractivity contribution < 1.29 is 27.4 Å². The van der Waals surface area contributed by atoms with Crippen molar-refractivity contribution in [3.8, 4) is 5.88 Å². The second-order valence-electron chi connectivity index (χ2n) is 9.65. The number of aromatic nitrogens is 2. The maximum absolute atomic E-state index is 13.2. The maximum atomic E-state index is 13.2. The van der Waals surface area contributed by atoms with E-state index in [0.29, 0.717) is 36.3 Å². The smallest absolute Gasteiger partial charge is 0.417 e. The van der Waals surface area contributed by atoms with E-state index >= 15 is 0 Å². The first-order chi connectivity index (χ1) is 17.7. The molecule has 7 nitrogen and oxygen atoms in total. The van der Waals surface area contributed by atoms with Crippen LogP contribution >= 0.6 is 11.6 Å². The van der Waals surface area contributed by atoms with Gasteiger partial charge < -0.3 is 19.7 Å². The quantitative estimate of drug-likeness (QED) is 0.521. The largest absolute Gasteiger partial charge is 0.473 e. The third kappa shape index (κ3) is 6.72. The third-order valence-electron chi connectivity index (χ3n) is 7.19. The van der Waals surface area contributed by atoms with Crippen LogP contribution in [0.25, 0.3) is 0 Å². The minimum absolute atomic E-state index is 0.0515. The minimum atomic E-state index is -4.53. The van der Waals surface area contributed by atoms with E-state index in [0.717, 1.165) is 31.7 Å². The highest BCUT2D eigenvalue weighted by molar-refractivity contribution is 6.31. The number of amides is 1. The summed E-state index contributed by atoms with van der Waals surface area (Å²) in [6.45, 7) is 2.88. The Hall–Kier alpha value is -2.43. The molecule has 0 radical (unpaired) electrons. The van der Waals surface area contributed by atoms with E-state index in [2.05, 4.69) is 15.3 Å². The summed E-state index contributed by atoms with van der Waals surface area (Å²) in [5, 5.41) is 3.35. The highest BCUT2D eigenvalue weighted by Crippen LogP contribution is 2.35. The van der Waals surface area contributed by atoms with Gasteiger partial charge in [0.05, 0.1) is 16.7 Å². The summed E-state index contributed by atoms with van der Waals surface area (Å²) in [5.41, 5.74) is 0.289. The molecule has 1 aromatic heterocycles. The molecule has 1 aromatic carbocycles. The number of carbonyl (C=O) groups is 1. The molecule has 2 aromatic rings. The number of halogens is 4. The number of methoxy groups -OCH3 is 1. The second kappa shape index (κ2) is 12.0. The van der Waals surface area contributed by atoms with Crippen molar-refractivity contribution in [1.29, 1.82) is 0 Å². The van der Waals surface area contributed by atoms with Crippen LogP contribution < -0.4 is 10.1 Å². The lowest BCUT2D eigenvalue weighted by molar-refractivity contribution is -0.137. The van der Waals surface area contributed by atoms with Gasteiger partial charge in [-0.2, -0.15) is 13.2 Å². The first kappa shape index (κ1) is 27.6. The van der Waals surface area contributed by atoms with Crippen molar-refractivity contribution in [3.05, 3.63) is 51.9 Å². The molecule has 2 heterocycles. The third-order valence-corrected chi connectivity index (χ3v) is 7.50. The lowest BCUT2D eigenvalue weighted by atomic mass is 9.90. The van der Waals surface area contributed by atoms with E-state index in [-0.39, 0.29) is 30.2 Å². The molecule has 4 rings (SSSR count). The van der Waals surface area contributed by atoms with Gasteiger partial charge in [-0.25, -0.2) is 9.97 Å². The van der Waals surface area contributed by atoms with Crippen LogP contribution in [-0.4, -0.2) is 59.2 Å². The van der Waals surface area contributed by atoms with Gasteiger partial charge in [0, 0.05) is 37.8 Å². The van der Waals surface area contributed by atoms with E-state index in [1.54, 1.807) is 18.9 Å². The average Bonchev–Trinajstić information content (AvgIpc) is 2.88. The van der Waals surface area contributed by atoms with Crippen LogP contribution in [0.15, 0.2) is 24.5 Å². The normalized spacial score (nSPS) is 21.2. The van der Waals surface area contributed by atoms with Crippen molar-refractivity contribution in [3.63, 3.8) is 0 Å². The number of alkyl halides is 3. The van der Waals surface area contributed by atoms with Gasteiger partial charge in [-0.05, 0) is 50.3 Å². The Bertz CT molecular complexity index is 1090. The van der Waals surface area contributed by atoms with Crippen LogP contribution in [0.4, 0.5) is 13.2 Å². The van der Waals surface area contributed by atoms with Gasteiger partial charge in [-0.1, -0.05) is 30.5 Å². The number of rotatable bonds is 7. The molecule has 0 spiro atoms. The maximum Gasteiger partial charge on any atom is 0.417 e. The number of hydrogen-bond donors (Lipinski definition) is 1. The fourth-order valence-corrected chi connectivity index (χ4v) is 5.41. The summed E-state index contributed by atoms with van der Waals surface area (Å²) < 4.78 is 50.2. The summed E-state index contributed by atoms with van der Waals surface area (Å²) in [7, 11) is 1.77. The second-order valence-corrected chi connectivity index (χ2v) is 10.1. The first-order valence-corrected chi connectivity index (χ1v) is 12.9. The van der Waals surface area contributed by atoms with E-state index in [1.165, 1.54) is 31.3 Å². The summed E-state index contributed by atoms with van der Waals surface area (Å²) in [4.78, 5) is 23.3. The molecule has 37 heavy (non-hydrogen) atoms. The van der Waals surface area contributed by atoms with Crippen LogP contribution in [0, 0.1) is 6.92 Å². The standard InChI is InChI=1S/C26H32ClF3N4O3/c1-16-23(25(35)34-11-9-18(10-12-34)33-21-5-3-4-6-22(21)36-2)31-15-32-24(16)37-14-17-7-8-19(20(27)13-17)26(28,29)30/h7-8,13,15,18,21-22,33H,3-6,9-12,14H2,1-2H3. The van der Waals surface area contributed by atoms with Crippen LogP contribution in [0.2, 0.25) is 5.02 Å². The molecular formula is C26H32ClF3N4O3. The number of nitrogens with zero attached hydrogens (tertiary/aromatic N) is 3. The van der Waals surface area contributed by atoms with Gasteiger partial charge in [0.1, 0.15) is 18.6 Å². The molecule has 1 saturated carbocycles. The SMILES string of the molecule is COC1CCCCC1NC1CCN(C(=O)c2ncnc(OCc3ccc(C(F)(F)F)c(Cl)c3)c2C)CC1. The number of hydrogen-bond acceptors (Lipinski definition) is 6. The zero-order chi connectivity index (χ0) is 26.6. The number of benzene rings is 1.